The van der Waals surface area contributed by atoms with Crippen LogP contribution in [0.4, 0.5) is 0 Å². The van der Waals surface area contributed by atoms with E-state index in [4.69, 9.17) is 20.7 Å². The number of ether oxygens (including phenoxy) is 1. The van der Waals surface area contributed by atoms with Gasteiger partial charge in [0.15, 0.2) is 0 Å². The summed E-state index contributed by atoms with van der Waals surface area (Å²) < 4.78 is 80.3. The van der Waals surface area contributed by atoms with Gasteiger partial charge in [-0.3, -0.25) is 4.57 Å². The Hall–Kier alpha value is -8.11. The van der Waals surface area contributed by atoms with Gasteiger partial charge in [0.2, 0.25) is 0 Å². The summed E-state index contributed by atoms with van der Waals surface area (Å²) in [7, 11) is 0. The first-order valence-corrected chi connectivity index (χ1v) is 23.1. The molecule has 5 nitrogen and oxygen atoms in total. The van der Waals surface area contributed by atoms with Crippen LogP contribution in [-0.2, 0) is 26.5 Å². The summed E-state index contributed by atoms with van der Waals surface area (Å²) in [6, 6.07) is 65.3. The zero-order valence-electron chi connectivity index (χ0n) is 46.9. The van der Waals surface area contributed by atoms with Gasteiger partial charge >= 0.3 is 0 Å². The van der Waals surface area contributed by atoms with E-state index in [9.17, 15) is 0 Å². The zero-order valence-corrected chi connectivity index (χ0v) is 41.2. The molecule has 0 radical (unpaired) electrons. The van der Waals surface area contributed by atoms with E-state index in [0.29, 0.717) is 28.2 Å². The Morgan fingerprint density at radius 3 is 1.97 bits per heavy atom. The standard InChI is InChI=1S/C65H48N4O.Pt/c1-44-36-63(66-42-57(44)47-24-12-7-13-25-47)69-59-31-15-14-28-55(59)56-35-34-53(41-62(56)69)70-52-27-18-26-51(40-52)67-43-68(61-33-17-16-32-60(61)67)64-54(29-19-30-58(64)65(2,3)4)50-38-48(45-20-8-5-9-21-45)37-49(39-50)46-22-10-6-11-23-46;/h5-39,42H,1-4H3;/q-2;/i1D3,7D,12D,13D,24D,25D;. The molecule has 3 heterocycles. The second-order valence-corrected chi connectivity index (χ2v) is 18.3. The number of aryl methyl sites for hydroxylation is 1. The van der Waals surface area contributed by atoms with Crippen LogP contribution in [0.2, 0.25) is 0 Å². The van der Waals surface area contributed by atoms with E-state index in [2.05, 4.69) is 141 Å². The summed E-state index contributed by atoms with van der Waals surface area (Å²) in [4.78, 5) is 4.72. The van der Waals surface area contributed by atoms with Crippen LogP contribution in [0, 0.1) is 25.3 Å². The molecule has 0 aliphatic carbocycles. The number of para-hydroxylation sites is 4. The van der Waals surface area contributed by atoms with Gasteiger partial charge < -0.3 is 13.9 Å². The zero-order chi connectivity index (χ0) is 54.2. The largest absolute Gasteiger partial charge is 0.510 e. The minimum atomic E-state index is -2.76. The molecular formula is C65H48N4OPt-2. The van der Waals surface area contributed by atoms with Crippen molar-refractivity contribution < 1.29 is 41.3 Å². The van der Waals surface area contributed by atoms with Crippen LogP contribution in [0.25, 0.3) is 94.5 Å². The van der Waals surface area contributed by atoms with Crippen LogP contribution in [0.1, 0.15) is 42.9 Å². The normalized spacial score (nSPS) is 13.3. The first-order valence-electron chi connectivity index (χ1n) is 27.1. The second kappa shape index (κ2) is 18.7. The van der Waals surface area contributed by atoms with Crippen molar-refractivity contribution in [2.75, 3.05) is 0 Å². The molecule has 0 spiro atoms. The topological polar surface area (TPSA) is 35.9 Å². The number of hydrogen-bond donors (Lipinski definition) is 0. The molecule has 0 N–H and O–H groups in total. The molecule has 12 aromatic rings. The molecule has 0 aliphatic heterocycles. The number of pyridine rings is 1. The van der Waals surface area contributed by atoms with E-state index in [0.717, 1.165) is 66.4 Å². The van der Waals surface area contributed by atoms with Crippen molar-refractivity contribution in [3.63, 3.8) is 0 Å². The van der Waals surface area contributed by atoms with Crippen molar-refractivity contribution in [3.05, 3.63) is 248 Å². The first kappa shape index (κ1) is 36.8. The van der Waals surface area contributed by atoms with Crippen LogP contribution in [0.5, 0.6) is 11.5 Å². The average Bonchev–Trinajstić information content (AvgIpc) is 4.25. The van der Waals surface area contributed by atoms with Crippen LogP contribution in [0.3, 0.4) is 0 Å². The fourth-order valence-electron chi connectivity index (χ4n) is 9.47. The maximum Gasteiger partial charge on any atom is 0.268 e. The van der Waals surface area contributed by atoms with Crippen molar-refractivity contribution in [2.24, 2.45) is 0 Å². The molecule has 0 fully saturated rings. The predicted molar refractivity (Wildman–Crippen MR) is 285 cm³/mol. The molecule has 0 amide bonds. The van der Waals surface area contributed by atoms with Gasteiger partial charge in [0.25, 0.3) is 6.33 Å². The van der Waals surface area contributed by atoms with Gasteiger partial charge in [-0.25, -0.2) is 4.98 Å². The molecule has 0 aliphatic rings. The molecular weight excluding hydrogens is 1050 g/mol. The minimum Gasteiger partial charge on any atom is -0.510 e. The Labute approximate surface area is 440 Å². The van der Waals surface area contributed by atoms with Gasteiger partial charge in [0.1, 0.15) is 5.82 Å². The summed E-state index contributed by atoms with van der Waals surface area (Å²) in [6.45, 7) is 3.96. The molecule has 9 aromatic carbocycles. The predicted octanol–water partition coefficient (Wildman–Crippen LogP) is 15.9. The number of nitrogens with zero attached hydrogens (tertiary/aromatic N) is 4. The Balaban J connectivity index is 0.00000660. The molecule has 12 rings (SSSR count). The Morgan fingerprint density at radius 2 is 1.24 bits per heavy atom. The van der Waals surface area contributed by atoms with Crippen molar-refractivity contribution in [2.45, 2.75) is 33.0 Å². The Bertz CT molecular complexity index is 4250. The van der Waals surface area contributed by atoms with Gasteiger partial charge in [-0.1, -0.05) is 178 Å². The fraction of sp³-hybridized carbons (Fsp3) is 0.0769. The van der Waals surface area contributed by atoms with Gasteiger partial charge in [0, 0.05) is 54.0 Å². The molecule has 3 aromatic heterocycles. The average molecular weight is 1100 g/mol. The third kappa shape index (κ3) is 8.47. The Kier molecular flexibility index (Phi) is 9.68. The van der Waals surface area contributed by atoms with Crippen molar-refractivity contribution in [3.8, 4) is 73.2 Å². The van der Waals surface area contributed by atoms with Crippen LogP contribution in [-0.4, -0.2) is 14.1 Å². The molecule has 0 saturated heterocycles. The molecule has 71 heavy (non-hydrogen) atoms. The Morgan fingerprint density at radius 1 is 0.577 bits per heavy atom. The summed E-state index contributed by atoms with van der Waals surface area (Å²) in [6.07, 6.45) is 5.05. The number of imidazole rings is 1. The van der Waals surface area contributed by atoms with Crippen molar-refractivity contribution in [1.29, 1.82) is 0 Å². The van der Waals surface area contributed by atoms with Crippen LogP contribution >= 0.6 is 0 Å². The summed E-state index contributed by atoms with van der Waals surface area (Å²) in [5, 5.41) is 1.66. The van der Waals surface area contributed by atoms with Gasteiger partial charge in [-0.2, -0.15) is 18.2 Å². The van der Waals surface area contributed by atoms with Crippen molar-refractivity contribution >= 4 is 32.8 Å². The number of rotatable bonds is 9. The fourth-order valence-corrected chi connectivity index (χ4v) is 9.47. The SMILES string of the molecule is [2H]c1c([2H])c([2H])c(-c2cnc(-n3c4[c-]c(Oc5[c-]c(-n6[c-][n+](-c7c(-c8cc(-c9ccccc9)cc(-c9ccccc9)c8)cccc7C(C)(C)C)c7ccccc76)ccc5)ccc4c4ccccc43)cc2C([2H])([2H])[2H])c([2H])c1[2H].[Pt]. The molecule has 6 heteroatoms. The third-order valence-corrected chi connectivity index (χ3v) is 12.7. The summed E-state index contributed by atoms with van der Waals surface area (Å²) >= 11 is 0. The van der Waals surface area contributed by atoms with Crippen LogP contribution < -0.4 is 9.30 Å². The van der Waals surface area contributed by atoms with Gasteiger partial charge in [-0.15, -0.1) is 29.7 Å². The number of hydrogen-bond acceptors (Lipinski definition) is 2. The third-order valence-electron chi connectivity index (χ3n) is 12.7. The maximum absolute atomic E-state index is 8.64. The van der Waals surface area contributed by atoms with Gasteiger partial charge in [0.05, 0.1) is 23.6 Å². The summed E-state index contributed by atoms with van der Waals surface area (Å²) in [5.74, 6) is 1.00. The van der Waals surface area contributed by atoms with E-state index in [1.165, 1.54) is 12.3 Å². The molecule has 346 valence electrons. The smallest absolute Gasteiger partial charge is 0.268 e. The van der Waals surface area contributed by atoms with E-state index < -0.39 is 37.1 Å². The summed E-state index contributed by atoms with van der Waals surface area (Å²) in [5.41, 5.74) is 11.8. The van der Waals surface area contributed by atoms with Crippen LogP contribution in [0.15, 0.2) is 218 Å². The first-order chi connectivity index (χ1) is 37.5. The van der Waals surface area contributed by atoms with E-state index in [1.54, 1.807) is 4.57 Å². The molecule has 0 saturated carbocycles. The van der Waals surface area contributed by atoms with E-state index >= 15 is 0 Å². The van der Waals surface area contributed by atoms with E-state index in [-0.39, 0.29) is 49.0 Å². The molecule has 0 unspecified atom stereocenters. The maximum atomic E-state index is 8.64. The quantitative estimate of drug-likeness (QED) is 0.107. The second-order valence-electron chi connectivity index (χ2n) is 18.3. The number of benzene rings is 9. The monoisotopic (exact) mass is 1100 g/mol. The molecule has 0 bridgehead atoms. The van der Waals surface area contributed by atoms with E-state index in [1.807, 2.05) is 83.4 Å². The minimum absolute atomic E-state index is 0. The van der Waals surface area contributed by atoms with Gasteiger partial charge in [-0.05, 0) is 104 Å². The number of aromatic nitrogens is 4. The number of fused-ring (bicyclic) bond motifs is 4. The molecule has 0 atom stereocenters. The van der Waals surface area contributed by atoms with Crippen molar-refractivity contribution in [1.82, 2.24) is 14.1 Å².